The summed E-state index contributed by atoms with van der Waals surface area (Å²) < 4.78 is 69.1. The fourth-order valence-electron chi connectivity index (χ4n) is 3.65. The average molecular weight is 414 g/mol. The Labute approximate surface area is 171 Å². The molecule has 2 aliphatic rings. The zero-order valence-corrected chi connectivity index (χ0v) is 15.9. The third kappa shape index (κ3) is 3.73. The summed E-state index contributed by atoms with van der Waals surface area (Å²) in [5.74, 6) is -5.88. The van der Waals surface area contributed by atoms with Gasteiger partial charge in [0.2, 0.25) is 0 Å². The molecule has 6 heteroatoms. The molecule has 0 saturated carbocycles. The molecule has 0 spiro atoms. The van der Waals surface area contributed by atoms with E-state index in [-0.39, 0.29) is 23.3 Å². The van der Waals surface area contributed by atoms with E-state index in [1.807, 2.05) is 0 Å². The first-order valence-electron chi connectivity index (χ1n) is 9.79. The van der Waals surface area contributed by atoms with Crippen LogP contribution in [0.25, 0.3) is 22.3 Å². The highest BCUT2D eigenvalue weighted by Gasteiger charge is 2.28. The van der Waals surface area contributed by atoms with Gasteiger partial charge in [-0.25, -0.2) is 17.6 Å². The fraction of sp³-hybridized carbons (Fsp3) is 0.250. The van der Waals surface area contributed by atoms with Crippen molar-refractivity contribution < 1.29 is 27.0 Å². The second kappa shape index (κ2) is 7.52. The topological polar surface area (TPSA) is 25.1 Å². The Bertz CT molecular complexity index is 1000. The van der Waals surface area contributed by atoms with Crippen molar-refractivity contribution in [3.63, 3.8) is 0 Å². The first-order valence-corrected chi connectivity index (χ1v) is 9.79. The van der Waals surface area contributed by atoms with Crippen molar-refractivity contribution in [2.75, 3.05) is 13.2 Å². The molecule has 3 aromatic carbocycles. The van der Waals surface area contributed by atoms with E-state index in [1.165, 1.54) is 24.3 Å². The molecule has 5 rings (SSSR count). The highest BCUT2D eigenvalue weighted by Crippen LogP contribution is 2.37. The molecule has 2 nitrogen and oxygen atoms in total. The minimum absolute atomic E-state index is 0.146. The van der Waals surface area contributed by atoms with Crippen molar-refractivity contribution in [2.24, 2.45) is 0 Å². The molecule has 2 saturated heterocycles. The molecule has 0 aromatic heterocycles. The lowest BCUT2D eigenvalue weighted by molar-refractivity contribution is 0.407. The van der Waals surface area contributed by atoms with Crippen molar-refractivity contribution in [2.45, 2.75) is 25.0 Å². The Morgan fingerprint density at radius 2 is 0.933 bits per heavy atom. The second-order valence-corrected chi connectivity index (χ2v) is 7.72. The number of ether oxygens (including phenoxy) is 2. The van der Waals surface area contributed by atoms with Crippen LogP contribution in [0.1, 0.15) is 11.1 Å². The maximum atomic E-state index is 15.3. The average Bonchev–Trinajstić information content (AvgIpc) is 3.66. The molecule has 2 heterocycles. The lowest BCUT2D eigenvalue weighted by atomic mass is 9.94. The molecule has 0 radical (unpaired) electrons. The Balaban J connectivity index is 1.54. The van der Waals surface area contributed by atoms with Gasteiger partial charge in [-0.1, -0.05) is 48.5 Å². The summed E-state index contributed by atoms with van der Waals surface area (Å²) in [6.45, 7) is 1.40. The number of hydrogen-bond acceptors (Lipinski definition) is 2. The first-order chi connectivity index (χ1) is 14.5. The molecular weight excluding hydrogens is 396 g/mol. The predicted octanol–water partition coefficient (Wildman–Crippen LogP) is 5.46. The van der Waals surface area contributed by atoms with Gasteiger partial charge in [0.1, 0.15) is 5.82 Å². The van der Waals surface area contributed by atoms with E-state index in [4.69, 9.17) is 9.47 Å². The first kappa shape index (κ1) is 19.3. The standard InChI is InChI=1S/C24H18F4O2/c25-21-19(15-5-1-13(2-6-15)9-17-11-29-17)22(26)24(28)23(27)20(21)16-7-3-14(4-8-16)10-18-12-30-18/h1-8,17-18H,9-12H2. The van der Waals surface area contributed by atoms with Crippen LogP contribution in [0.3, 0.4) is 0 Å². The molecule has 2 fully saturated rings. The lowest BCUT2D eigenvalue weighted by Gasteiger charge is -2.14. The minimum Gasteiger partial charge on any atom is -0.373 e. The van der Waals surface area contributed by atoms with Gasteiger partial charge in [-0.2, -0.15) is 0 Å². The molecule has 0 bridgehead atoms. The van der Waals surface area contributed by atoms with Crippen LogP contribution in [0.4, 0.5) is 17.6 Å². The minimum atomic E-state index is -1.69. The Hall–Kier alpha value is -2.70. The smallest absolute Gasteiger partial charge is 0.195 e. The van der Waals surface area contributed by atoms with Gasteiger partial charge in [0.25, 0.3) is 0 Å². The summed E-state index contributed by atoms with van der Waals surface area (Å²) in [7, 11) is 0. The summed E-state index contributed by atoms with van der Waals surface area (Å²) in [4.78, 5) is 0. The molecule has 3 aromatic rings. The van der Waals surface area contributed by atoms with Crippen molar-refractivity contribution in [3.8, 4) is 22.3 Å². The van der Waals surface area contributed by atoms with Crippen LogP contribution in [0, 0.1) is 23.3 Å². The van der Waals surface area contributed by atoms with Gasteiger partial charge in [-0.3, -0.25) is 0 Å². The van der Waals surface area contributed by atoms with Gasteiger partial charge in [0, 0.05) is 12.8 Å². The third-order valence-corrected chi connectivity index (χ3v) is 5.48. The highest BCUT2D eigenvalue weighted by atomic mass is 19.2. The number of halogens is 4. The fourth-order valence-corrected chi connectivity index (χ4v) is 3.65. The lowest BCUT2D eigenvalue weighted by Crippen LogP contribution is -2.04. The van der Waals surface area contributed by atoms with Gasteiger partial charge < -0.3 is 9.47 Å². The van der Waals surface area contributed by atoms with E-state index in [9.17, 15) is 13.2 Å². The van der Waals surface area contributed by atoms with E-state index in [0.29, 0.717) is 26.1 Å². The second-order valence-electron chi connectivity index (χ2n) is 7.72. The van der Waals surface area contributed by atoms with Gasteiger partial charge in [-0.15, -0.1) is 0 Å². The molecule has 0 N–H and O–H groups in total. The van der Waals surface area contributed by atoms with E-state index in [2.05, 4.69) is 0 Å². The van der Waals surface area contributed by atoms with Crippen LogP contribution < -0.4 is 0 Å². The van der Waals surface area contributed by atoms with Crippen molar-refractivity contribution in [3.05, 3.63) is 82.9 Å². The van der Waals surface area contributed by atoms with E-state index < -0.39 is 34.4 Å². The van der Waals surface area contributed by atoms with Gasteiger partial charge in [-0.05, 0) is 22.3 Å². The summed E-state index contributed by atoms with van der Waals surface area (Å²) >= 11 is 0. The zero-order valence-electron chi connectivity index (χ0n) is 15.9. The van der Waals surface area contributed by atoms with Crippen LogP contribution in [0.5, 0.6) is 0 Å². The largest absolute Gasteiger partial charge is 0.373 e. The molecule has 2 atom stereocenters. The maximum absolute atomic E-state index is 15.3. The van der Waals surface area contributed by atoms with Gasteiger partial charge in [0.15, 0.2) is 17.5 Å². The van der Waals surface area contributed by atoms with Crippen molar-refractivity contribution in [1.82, 2.24) is 0 Å². The molecule has 0 aliphatic carbocycles. The zero-order chi connectivity index (χ0) is 20.8. The molecule has 154 valence electrons. The van der Waals surface area contributed by atoms with Crippen LogP contribution in [-0.4, -0.2) is 25.4 Å². The summed E-state index contributed by atoms with van der Waals surface area (Å²) in [6.07, 6.45) is 1.75. The van der Waals surface area contributed by atoms with Crippen molar-refractivity contribution >= 4 is 0 Å². The van der Waals surface area contributed by atoms with Gasteiger partial charge in [0.05, 0.1) is 36.5 Å². The van der Waals surface area contributed by atoms with Crippen LogP contribution in [0.2, 0.25) is 0 Å². The number of epoxide rings is 2. The SMILES string of the molecule is Fc1c(F)c(-c2ccc(CC3CO3)cc2)c(F)c(-c2ccc(CC3CO3)cc2)c1F. The molecule has 30 heavy (non-hydrogen) atoms. The Morgan fingerprint density at radius 1 is 0.567 bits per heavy atom. The third-order valence-electron chi connectivity index (χ3n) is 5.48. The number of rotatable bonds is 6. The van der Waals surface area contributed by atoms with E-state index >= 15 is 4.39 Å². The monoisotopic (exact) mass is 414 g/mol. The predicted molar refractivity (Wildman–Crippen MR) is 104 cm³/mol. The Morgan fingerprint density at radius 3 is 1.27 bits per heavy atom. The highest BCUT2D eigenvalue weighted by molar-refractivity contribution is 5.75. The molecular formula is C24H18F4O2. The molecule has 2 aliphatic heterocycles. The number of hydrogen-bond donors (Lipinski definition) is 0. The quantitative estimate of drug-likeness (QED) is 0.232. The number of benzene rings is 3. The summed E-state index contributed by atoms with van der Waals surface area (Å²) in [6, 6.07) is 12.9. The summed E-state index contributed by atoms with van der Waals surface area (Å²) in [5.41, 5.74) is 1.03. The van der Waals surface area contributed by atoms with E-state index in [1.54, 1.807) is 24.3 Å². The van der Waals surface area contributed by atoms with E-state index in [0.717, 1.165) is 11.1 Å². The van der Waals surface area contributed by atoms with Crippen LogP contribution >= 0.6 is 0 Å². The Kier molecular flexibility index (Phi) is 4.83. The van der Waals surface area contributed by atoms with Crippen LogP contribution in [0.15, 0.2) is 48.5 Å². The van der Waals surface area contributed by atoms with Crippen molar-refractivity contribution in [1.29, 1.82) is 0 Å². The van der Waals surface area contributed by atoms with Gasteiger partial charge >= 0.3 is 0 Å². The van der Waals surface area contributed by atoms with Crippen LogP contribution in [-0.2, 0) is 22.3 Å². The summed E-state index contributed by atoms with van der Waals surface area (Å²) in [5, 5.41) is 0. The maximum Gasteiger partial charge on any atom is 0.195 e. The molecule has 2 unspecified atom stereocenters. The molecule has 0 amide bonds. The normalized spacial score (nSPS) is 19.7.